The summed E-state index contributed by atoms with van der Waals surface area (Å²) >= 11 is 1.82. The van der Waals surface area contributed by atoms with Crippen molar-refractivity contribution in [3.8, 4) is 0 Å². The van der Waals surface area contributed by atoms with Crippen molar-refractivity contribution in [1.29, 1.82) is 0 Å². The van der Waals surface area contributed by atoms with E-state index in [0.717, 1.165) is 6.42 Å². The van der Waals surface area contributed by atoms with Gasteiger partial charge in [-0.3, -0.25) is 4.79 Å². The molecule has 1 fully saturated rings. The Hall–Kier alpha value is -1.00. The van der Waals surface area contributed by atoms with Crippen molar-refractivity contribution < 1.29 is 4.79 Å². The van der Waals surface area contributed by atoms with E-state index >= 15 is 0 Å². The number of amides is 1. The maximum atomic E-state index is 11.3. The van der Waals surface area contributed by atoms with E-state index < -0.39 is 5.54 Å². The maximum absolute atomic E-state index is 11.3. The summed E-state index contributed by atoms with van der Waals surface area (Å²) in [5.41, 5.74) is 13.1. The van der Waals surface area contributed by atoms with Crippen LogP contribution in [0.2, 0.25) is 0 Å². The Bertz CT molecular complexity index is 475. The van der Waals surface area contributed by atoms with Crippen LogP contribution in [0.4, 0.5) is 0 Å². The van der Waals surface area contributed by atoms with Crippen molar-refractivity contribution >= 4 is 17.7 Å². The third kappa shape index (κ3) is 2.70. The minimum absolute atomic E-state index is 0.369. The zero-order valence-corrected chi connectivity index (χ0v) is 11.7. The average Bonchev–Trinajstić information content (AvgIpc) is 2.66. The van der Waals surface area contributed by atoms with Gasteiger partial charge in [-0.25, -0.2) is 0 Å². The lowest BCUT2D eigenvalue weighted by molar-refractivity contribution is -0.122. The molecule has 98 valence electrons. The highest BCUT2D eigenvalue weighted by Gasteiger charge is 2.40. The quantitative estimate of drug-likeness (QED) is 0.878. The van der Waals surface area contributed by atoms with E-state index in [1.165, 1.54) is 16.0 Å². The van der Waals surface area contributed by atoms with E-state index in [0.29, 0.717) is 18.1 Å². The van der Waals surface area contributed by atoms with Crippen molar-refractivity contribution in [2.24, 2.45) is 11.5 Å². The van der Waals surface area contributed by atoms with E-state index in [-0.39, 0.29) is 5.91 Å². The van der Waals surface area contributed by atoms with E-state index in [4.69, 9.17) is 11.5 Å². The molecule has 3 nitrogen and oxygen atoms in total. The molecule has 1 aromatic rings. The molecule has 18 heavy (non-hydrogen) atoms. The summed E-state index contributed by atoms with van der Waals surface area (Å²) in [7, 11) is 0. The molecule has 2 rings (SSSR count). The monoisotopic (exact) mass is 264 g/mol. The molecular formula is C14H20N2OS. The van der Waals surface area contributed by atoms with Gasteiger partial charge in [-0.2, -0.15) is 0 Å². The summed E-state index contributed by atoms with van der Waals surface area (Å²) in [6, 6.07) is 6.45. The standard InChI is InChI=1S/C14H20N2OS/c1-9-3-4-12(10(2)7-9)18-11-5-6-14(16,8-11)13(15)17/h3-4,7,11H,5-6,8,16H2,1-2H3,(H2,15,17). The fourth-order valence-electron chi connectivity index (χ4n) is 2.46. The summed E-state index contributed by atoms with van der Waals surface area (Å²) in [5, 5.41) is 0.393. The highest BCUT2D eigenvalue weighted by molar-refractivity contribution is 8.00. The molecule has 0 heterocycles. The van der Waals surface area contributed by atoms with Gasteiger partial charge in [0, 0.05) is 10.1 Å². The van der Waals surface area contributed by atoms with Crippen molar-refractivity contribution in [3.05, 3.63) is 29.3 Å². The van der Waals surface area contributed by atoms with Crippen LogP contribution in [-0.4, -0.2) is 16.7 Å². The number of benzene rings is 1. The van der Waals surface area contributed by atoms with Gasteiger partial charge in [0.25, 0.3) is 0 Å². The minimum Gasteiger partial charge on any atom is -0.368 e. The molecule has 1 aromatic carbocycles. The van der Waals surface area contributed by atoms with Gasteiger partial charge in [0.2, 0.25) is 5.91 Å². The lowest BCUT2D eigenvalue weighted by Gasteiger charge is -2.19. The normalized spacial score (nSPS) is 27.4. The molecule has 0 radical (unpaired) electrons. The topological polar surface area (TPSA) is 69.1 Å². The number of hydrogen-bond donors (Lipinski definition) is 2. The Kier molecular flexibility index (Phi) is 3.69. The summed E-state index contributed by atoms with van der Waals surface area (Å²) in [4.78, 5) is 12.6. The Morgan fingerprint density at radius 2 is 2.17 bits per heavy atom. The summed E-state index contributed by atoms with van der Waals surface area (Å²) in [6.07, 6.45) is 2.34. The van der Waals surface area contributed by atoms with Crippen LogP contribution < -0.4 is 11.5 Å². The number of aryl methyl sites for hydroxylation is 2. The molecule has 1 saturated carbocycles. The molecule has 1 aliphatic rings. The number of carbonyl (C=O) groups is 1. The predicted octanol–water partition coefficient (Wildman–Crippen LogP) is 2.13. The van der Waals surface area contributed by atoms with Gasteiger partial charge in [0.15, 0.2) is 0 Å². The number of carbonyl (C=O) groups excluding carboxylic acids is 1. The first-order valence-corrected chi connectivity index (χ1v) is 7.11. The molecule has 0 bridgehead atoms. The number of thioether (sulfide) groups is 1. The third-order valence-electron chi connectivity index (χ3n) is 3.62. The first-order valence-electron chi connectivity index (χ1n) is 6.23. The smallest absolute Gasteiger partial charge is 0.237 e. The Labute approximate surface area is 112 Å². The molecule has 4 heteroatoms. The van der Waals surface area contributed by atoms with Gasteiger partial charge >= 0.3 is 0 Å². The molecule has 0 aromatic heterocycles. The van der Waals surface area contributed by atoms with E-state index in [9.17, 15) is 4.79 Å². The lowest BCUT2D eigenvalue weighted by atomic mass is 9.99. The van der Waals surface area contributed by atoms with Crippen molar-refractivity contribution in [2.75, 3.05) is 0 Å². The van der Waals surface area contributed by atoms with Gasteiger partial charge in [0.1, 0.15) is 0 Å². The Morgan fingerprint density at radius 1 is 1.44 bits per heavy atom. The van der Waals surface area contributed by atoms with Crippen LogP contribution in [0.3, 0.4) is 0 Å². The van der Waals surface area contributed by atoms with E-state index in [1.807, 2.05) is 11.8 Å². The molecule has 1 aliphatic carbocycles. The molecule has 0 saturated heterocycles. The molecule has 1 amide bonds. The molecular weight excluding hydrogens is 244 g/mol. The highest BCUT2D eigenvalue weighted by Crippen LogP contribution is 2.40. The van der Waals surface area contributed by atoms with Gasteiger partial charge in [0.05, 0.1) is 5.54 Å². The second-order valence-corrected chi connectivity index (χ2v) is 6.61. The molecule has 4 N–H and O–H groups in total. The van der Waals surface area contributed by atoms with Crippen LogP contribution in [0.1, 0.15) is 30.4 Å². The Morgan fingerprint density at radius 3 is 2.72 bits per heavy atom. The fourth-order valence-corrected chi connectivity index (χ4v) is 3.83. The third-order valence-corrected chi connectivity index (χ3v) is 5.07. The van der Waals surface area contributed by atoms with Crippen molar-refractivity contribution in [1.82, 2.24) is 0 Å². The summed E-state index contributed by atoms with van der Waals surface area (Å²) < 4.78 is 0. The molecule has 2 atom stereocenters. The molecule has 0 spiro atoms. The van der Waals surface area contributed by atoms with Crippen LogP contribution >= 0.6 is 11.8 Å². The van der Waals surface area contributed by atoms with Crippen LogP contribution in [-0.2, 0) is 4.79 Å². The van der Waals surface area contributed by atoms with Crippen LogP contribution in [0.25, 0.3) is 0 Å². The van der Waals surface area contributed by atoms with Crippen molar-refractivity contribution in [3.63, 3.8) is 0 Å². The second kappa shape index (κ2) is 4.94. The first kappa shape index (κ1) is 13.4. The number of primary amides is 1. The number of nitrogens with two attached hydrogens (primary N) is 2. The zero-order valence-electron chi connectivity index (χ0n) is 10.9. The van der Waals surface area contributed by atoms with Gasteiger partial charge in [-0.1, -0.05) is 17.7 Å². The van der Waals surface area contributed by atoms with E-state index in [2.05, 4.69) is 32.0 Å². The minimum atomic E-state index is -0.795. The Balaban J connectivity index is 2.06. The highest BCUT2D eigenvalue weighted by atomic mass is 32.2. The van der Waals surface area contributed by atoms with Gasteiger partial charge < -0.3 is 11.5 Å². The van der Waals surface area contributed by atoms with Crippen LogP contribution in [0, 0.1) is 13.8 Å². The predicted molar refractivity (Wildman–Crippen MR) is 75.5 cm³/mol. The molecule has 0 aliphatic heterocycles. The second-order valence-electron chi connectivity index (χ2n) is 5.27. The number of rotatable bonds is 3. The zero-order chi connectivity index (χ0) is 13.3. The maximum Gasteiger partial charge on any atom is 0.237 e. The van der Waals surface area contributed by atoms with Gasteiger partial charge in [-0.05, 0) is 44.7 Å². The summed E-state index contributed by atoms with van der Waals surface area (Å²) in [5.74, 6) is -0.369. The fraction of sp³-hybridized carbons (Fsp3) is 0.500. The lowest BCUT2D eigenvalue weighted by Crippen LogP contribution is -2.50. The molecule has 2 unspecified atom stereocenters. The SMILES string of the molecule is Cc1ccc(SC2CCC(N)(C(N)=O)C2)c(C)c1. The van der Waals surface area contributed by atoms with E-state index in [1.54, 1.807) is 0 Å². The number of hydrogen-bond acceptors (Lipinski definition) is 3. The van der Waals surface area contributed by atoms with Gasteiger partial charge in [-0.15, -0.1) is 11.8 Å². The van der Waals surface area contributed by atoms with Crippen LogP contribution in [0.15, 0.2) is 23.1 Å². The van der Waals surface area contributed by atoms with Crippen molar-refractivity contribution in [2.45, 2.75) is 48.8 Å². The van der Waals surface area contributed by atoms with Crippen LogP contribution in [0.5, 0.6) is 0 Å². The first-order chi connectivity index (χ1) is 8.40. The average molecular weight is 264 g/mol. The summed E-state index contributed by atoms with van der Waals surface area (Å²) in [6.45, 7) is 4.21. The largest absolute Gasteiger partial charge is 0.368 e.